The van der Waals surface area contributed by atoms with Crippen molar-refractivity contribution in [1.29, 1.82) is 0 Å². The van der Waals surface area contributed by atoms with E-state index >= 15 is 0 Å². The second-order valence-electron chi connectivity index (χ2n) is 7.26. The van der Waals surface area contributed by atoms with Crippen molar-refractivity contribution >= 4 is 23.2 Å². The topological polar surface area (TPSA) is 96.1 Å². The Labute approximate surface area is 202 Å². The highest BCUT2D eigenvalue weighted by atomic mass is 35.5. The van der Waals surface area contributed by atoms with Crippen LogP contribution in [0.1, 0.15) is 11.1 Å². The maximum atomic E-state index is 12.6. The molecule has 184 valence electrons. The van der Waals surface area contributed by atoms with Crippen LogP contribution in [0.15, 0.2) is 55.4 Å². The number of aromatic nitrogens is 4. The zero-order chi connectivity index (χ0) is 25.0. The molecule has 0 radical (unpaired) electrons. The molecular formula is C22H28ClF3N8. The van der Waals surface area contributed by atoms with Gasteiger partial charge in [-0.05, 0) is 29.8 Å². The molecular weight excluding hydrogens is 469 g/mol. The number of nitrogens with one attached hydrogen (secondary N) is 1. The Morgan fingerprint density at radius 3 is 2.00 bits per heavy atom. The van der Waals surface area contributed by atoms with Gasteiger partial charge in [-0.2, -0.15) is 13.2 Å². The van der Waals surface area contributed by atoms with E-state index in [9.17, 15) is 13.2 Å². The third-order valence-electron chi connectivity index (χ3n) is 4.67. The predicted molar refractivity (Wildman–Crippen MR) is 128 cm³/mol. The van der Waals surface area contributed by atoms with Gasteiger partial charge >= 0.3 is 6.18 Å². The lowest BCUT2D eigenvalue weighted by Crippen LogP contribution is -2.29. The highest BCUT2D eigenvalue weighted by Gasteiger charge is 2.32. The quantitative estimate of drug-likeness (QED) is 0.436. The van der Waals surface area contributed by atoms with E-state index in [4.69, 9.17) is 17.3 Å². The summed E-state index contributed by atoms with van der Waals surface area (Å²) >= 11 is 5.69. The molecule has 2 aromatic heterocycles. The van der Waals surface area contributed by atoms with Crippen LogP contribution in [-0.2, 0) is 12.7 Å². The summed E-state index contributed by atoms with van der Waals surface area (Å²) in [6, 6.07) is 7.43. The highest BCUT2D eigenvalue weighted by molar-refractivity contribution is 6.31. The summed E-state index contributed by atoms with van der Waals surface area (Å²) in [6.45, 7) is 3.25. The predicted octanol–water partition coefficient (Wildman–Crippen LogP) is 3.25. The Balaban J connectivity index is 0.000000310. The van der Waals surface area contributed by atoms with Gasteiger partial charge in [-0.15, -0.1) is 0 Å². The number of alkyl halides is 3. The van der Waals surface area contributed by atoms with Gasteiger partial charge in [0.1, 0.15) is 24.3 Å². The van der Waals surface area contributed by atoms with Crippen LogP contribution in [-0.4, -0.2) is 60.2 Å². The Kier molecular flexibility index (Phi) is 10.9. The normalized spacial score (nSPS) is 10.9. The van der Waals surface area contributed by atoms with E-state index in [0.29, 0.717) is 31.7 Å². The molecule has 3 N–H and O–H groups in total. The first kappa shape index (κ1) is 27.2. The van der Waals surface area contributed by atoms with Crippen molar-refractivity contribution < 1.29 is 13.2 Å². The van der Waals surface area contributed by atoms with Gasteiger partial charge in [-0.3, -0.25) is 0 Å². The molecule has 0 saturated carbocycles. The van der Waals surface area contributed by atoms with E-state index in [0.717, 1.165) is 24.2 Å². The fraction of sp³-hybridized carbons (Fsp3) is 0.364. The molecule has 3 rings (SSSR count). The summed E-state index contributed by atoms with van der Waals surface area (Å²) in [5.41, 5.74) is 5.27. The number of benzene rings is 1. The summed E-state index contributed by atoms with van der Waals surface area (Å²) in [6.07, 6.45) is 1.96. The number of nitrogens with two attached hydrogens (primary N) is 1. The van der Waals surface area contributed by atoms with Crippen LogP contribution in [0.3, 0.4) is 0 Å². The largest absolute Gasteiger partial charge is 0.417 e. The molecule has 0 amide bonds. The zero-order valence-corrected chi connectivity index (χ0v) is 19.8. The van der Waals surface area contributed by atoms with Crippen molar-refractivity contribution in [3.63, 3.8) is 0 Å². The first-order valence-corrected chi connectivity index (χ1v) is 10.8. The lowest BCUT2D eigenvalue weighted by Gasteiger charge is -2.18. The molecule has 0 atom stereocenters. The van der Waals surface area contributed by atoms with Crippen LogP contribution in [0.5, 0.6) is 0 Å². The number of likely N-dealkylation sites (N-methyl/N-ethyl adjacent to an activating group) is 2. The molecule has 0 spiro atoms. The number of hydrogen-bond acceptors (Lipinski definition) is 8. The summed E-state index contributed by atoms with van der Waals surface area (Å²) in [5.74, 6) is 1.71. The Bertz CT molecular complexity index is 977. The molecule has 0 aliphatic rings. The van der Waals surface area contributed by atoms with Gasteiger partial charge in [0, 0.05) is 59.2 Å². The lowest BCUT2D eigenvalue weighted by atomic mass is 10.1. The minimum absolute atomic E-state index is 0.282. The van der Waals surface area contributed by atoms with Crippen molar-refractivity contribution in [3.05, 3.63) is 71.5 Å². The smallest absolute Gasteiger partial charge is 0.358 e. The monoisotopic (exact) mass is 496 g/mol. The van der Waals surface area contributed by atoms with Crippen LogP contribution in [0, 0.1) is 0 Å². The van der Waals surface area contributed by atoms with Crippen LogP contribution < -0.4 is 20.9 Å². The first-order valence-electron chi connectivity index (χ1n) is 10.4. The maximum absolute atomic E-state index is 12.6. The van der Waals surface area contributed by atoms with E-state index in [1.54, 1.807) is 18.5 Å². The van der Waals surface area contributed by atoms with Gasteiger partial charge in [0.25, 0.3) is 0 Å². The minimum Gasteiger partial charge on any atom is -0.358 e. The summed E-state index contributed by atoms with van der Waals surface area (Å²) in [7, 11) is 3.86. The standard InChI is InChI=1S/C15H16ClF3N4.C7H12N4/c1-23(14-4-5-21-10-22-14)7-6-20-9-11-2-3-12(13(16)8-11)15(17,18)19;1-11(5-3-8)7-2-4-9-6-10-7/h2-5,8,10,20H,6-7,9H2,1H3;2,4,6H,3,5,8H2,1H3. The molecule has 12 heteroatoms. The van der Waals surface area contributed by atoms with Crippen molar-refractivity contribution in [2.75, 3.05) is 50.1 Å². The van der Waals surface area contributed by atoms with E-state index < -0.39 is 11.7 Å². The molecule has 2 heterocycles. The molecule has 8 nitrogen and oxygen atoms in total. The zero-order valence-electron chi connectivity index (χ0n) is 19.0. The van der Waals surface area contributed by atoms with Gasteiger partial charge in [0.2, 0.25) is 0 Å². The third-order valence-corrected chi connectivity index (χ3v) is 4.98. The first-order chi connectivity index (χ1) is 16.2. The number of nitrogens with zero attached hydrogens (tertiary/aromatic N) is 6. The molecule has 0 aliphatic heterocycles. The molecule has 3 aromatic rings. The minimum atomic E-state index is -4.43. The van der Waals surface area contributed by atoms with E-state index in [2.05, 4.69) is 25.3 Å². The SMILES string of the molecule is CN(CCN)c1ccncn1.CN(CCNCc1ccc(C(F)(F)F)c(Cl)c1)c1ccncn1. The van der Waals surface area contributed by atoms with Crippen LogP contribution in [0.25, 0.3) is 0 Å². The maximum Gasteiger partial charge on any atom is 0.417 e. The molecule has 0 saturated heterocycles. The average molecular weight is 497 g/mol. The Hall–Kier alpha value is -3.02. The van der Waals surface area contributed by atoms with Gasteiger partial charge in [-0.1, -0.05) is 17.7 Å². The van der Waals surface area contributed by atoms with Crippen molar-refractivity contribution in [2.24, 2.45) is 5.73 Å². The van der Waals surface area contributed by atoms with Crippen molar-refractivity contribution in [2.45, 2.75) is 12.7 Å². The molecule has 0 bridgehead atoms. The number of anilines is 2. The number of hydrogen-bond donors (Lipinski definition) is 2. The number of rotatable bonds is 9. The third kappa shape index (κ3) is 9.08. The van der Waals surface area contributed by atoms with Crippen LogP contribution in [0.4, 0.5) is 24.8 Å². The molecule has 0 aliphatic carbocycles. The second-order valence-corrected chi connectivity index (χ2v) is 7.66. The molecule has 0 unspecified atom stereocenters. The second kappa shape index (κ2) is 13.6. The van der Waals surface area contributed by atoms with E-state index in [-0.39, 0.29) is 5.02 Å². The van der Waals surface area contributed by atoms with Crippen LogP contribution >= 0.6 is 11.6 Å². The van der Waals surface area contributed by atoms with E-state index in [1.807, 2.05) is 30.0 Å². The van der Waals surface area contributed by atoms with Gasteiger partial charge in [0.05, 0.1) is 10.6 Å². The molecule has 0 fully saturated rings. The Morgan fingerprint density at radius 1 is 0.941 bits per heavy atom. The van der Waals surface area contributed by atoms with E-state index in [1.165, 1.54) is 24.8 Å². The number of halogens is 4. The van der Waals surface area contributed by atoms with Gasteiger partial charge in [-0.25, -0.2) is 19.9 Å². The molecule has 1 aromatic carbocycles. The van der Waals surface area contributed by atoms with Crippen molar-refractivity contribution in [3.8, 4) is 0 Å². The Morgan fingerprint density at radius 2 is 1.53 bits per heavy atom. The van der Waals surface area contributed by atoms with Crippen molar-refractivity contribution in [1.82, 2.24) is 25.3 Å². The van der Waals surface area contributed by atoms with Gasteiger partial charge < -0.3 is 20.9 Å². The highest BCUT2D eigenvalue weighted by Crippen LogP contribution is 2.34. The summed E-state index contributed by atoms with van der Waals surface area (Å²) in [5, 5.41) is 2.88. The summed E-state index contributed by atoms with van der Waals surface area (Å²) in [4.78, 5) is 19.8. The summed E-state index contributed by atoms with van der Waals surface area (Å²) < 4.78 is 37.9. The van der Waals surface area contributed by atoms with Gasteiger partial charge in [0.15, 0.2) is 0 Å². The fourth-order valence-corrected chi connectivity index (χ4v) is 3.13. The average Bonchev–Trinajstić information content (AvgIpc) is 2.82. The molecule has 34 heavy (non-hydrogen) atoms. The fourth-order valence-electron chi connectivity index (χ4n) is 2.82. The lowest BCUT2D eigenvalue weighted by molar-refractivity contribution is -0.137. The van der Waals surface area contributed by atoms with Crippen LogP contribution in [0.2, 0.25) is 5.02 Å².